The van der Waals surface area contributed by atoms with Gasteiger partial charge in [0.15, 0.2) is 4.77 Å². The van der Waals surface area contributed by atoms with E-state index in [1.807, 2.05) is 6.07 Å². The molecule has 0 saturated carbocycles. The van der Waals surface area contributed by atoms with E-state index in [0.717, 1.165) is 6.26 Å². The molecule has 0 spiro atoms. The van der Waals surface area contributed by atoms with E-state index in [-0.39, 0.29) is 29.2 Å². The van der Waals surface area contributed by atoms with E-state index in [2.05, 4.69) is 15.0 Å². The van der Waals surface area contributed by atoms with Gasteiger partial charge >= 0.3 is 0 Å². The van der Waals surface area contributed by atoms with Crippen LogP contribution in [0.5, 0.6) is 0 Å². The van der Waals surface area contributed by atoms with Crippen molar-refractivity contribution in [2.24, 2.45) is 0 Å². The largest absolute Gasteiger partial charge is 0.349 e. The van der Waals surface area contributed by atoms with E-state index in [9.17, 15) is 18.0 Å². The average molecular weight is 447 g/mol. The predicted octanol–water partition coefficient (Wildman–Crippen LogP) is 2.70. The first-order valence-electron chi connectivity index (χ1n) is 9.23. The molecule has 1 heterocycles. The van der Waals surface area contributed by atoms with Gasteiger partial charge < -0.3 is 10.3 Å². The van der Waals surface area contributed by atoms with Crippen molar-refractivity contribution in [2.45, 2.75) is 25.9 Å². The molecule has 1 aromatic heterocycles. The SMILES string of the molecule is CC(NC(=O)CCn1c(=S)[nH]c2ccccc2c1=O)c1ccccc1NS(C)(=O)=O. The first kappa shape index (κ1) is 21.7. The molecule has 2 aromatic carbocycles. The Morgan fingerprint density at radius 1 is 1.17 bits per heavy atom. The number of aromatic amines is 1. The molecule has 3 rings (SSSR count). The molecule has 0 aliphatic carbocycles. The first-order valence-corrected chi connectivity index (χ1v) is 11.5. The minimum atomic E-state index is -3.45. The summed E-state index contributed by atoms with van der Waals surface area (Å²) in [7, 11) is -3.45. The Morgan fingerprint density at radius 2 is 1.83 bits per heavy atom. The zero-order valence-corrected chi connectivity index (χ0v) is 18.1. The molecule has 3 N–H and O–H groups in total. The van der Waals surface area contributed by atoms with Crippen molar-refractivity contribution in [1.82, 2.24) is 14.9 Å². The lowest BCUT2D eigenvalue weighted by Gasteiger charge is -2.18. The van der Waals surface area contributed by atoms with Crippen LogP contribution < -0.4 is 15.6 Å². The van der Waals surface area contributed by atoms with E-state index < -0.39 is 16.1 Å². The number of rotatable bonds is 7. The number of nitrogens with one attached hydrogen (secondary N) is 3. The second kappa shape index (κ2) is 8.80. The predicted molar refractivity (Wildman–Crippen MR) is 119 cm³/mol. The van der Waals surface area contributed by atoms with Crippen LogP contribution >= 0.6 is 12.2 Å². The van der Waals surface area contributed by atoms with Gasteiger partial charge in [0, 0.05) is 13.0 Å². The third kappa shape index (κ3) is 5.14. The minimum Gasteiger partial charge on any atom is -0.349 e. The number of amides is 1. The number of carbonyl (C=O) groups is 1. The van der Waals surface area contributed by atoms with Gasteiger partial charge in [-0.1, -0.05) is 30.3 Å². The number of carbonyl (C=O) groups excluding carboxylic acids is 1. The number of aromatic nitrogens is 2. The lowest BCUT2D eigenvalue weighted by molar-refractivity contribution is -0.121. The lowest BCUT2D eigenvalue weighted by Crippen LogP contribution is -2.30. The van der Waals surface area contributed by atoms with Gasteiger partial charge in [0.2, 0.25) is 15.9 Å². The van der Waals surface area contributed by atoms with Crippen molar-refractivity contribution in [3.63, 3.8) is 0 Å². The van der Waals surface area contributed by atoms with Crippen molar-refractivity contribution in [3.05, 3.63) is 69.2 Å². The molecule has 0 fully saturated rings. The van der Waals surface area contributed by atoms with Crippen LogP contribution in [-0.4, -0.2) is 30.1 Å². The fourth-order valence-corrected chi connectivity index (χ4v) is 4.04. The number of H-pyrrole nitrogens is 1. The third-order valence-corrected chi connectivity index (χ3v) is 5.47. The number of anilines is 1. The Morgan fingerprint density at radius 3 is 2.57 bits per heavy atom. The Labute approximate surface area is 179 Å². The maximum Gasteiger partial charge on any atom is 0.262 e. The summed E-state index contributed by atoms with van der Waals surface area (Å²) in [6.07, 6.45) is 1.11. The average Bonchev–Trinajstić information content (AvgIpc) is 2.67. The van der Waals surface area contributed by atoms with Crippen LogP contribution in [0, 0.1) is 4.77 Å². The zero-order chi connectivity index (χ0) is 21.9. The number of para-hydroxylation sites is 2. The second-order valence-corrected chi connectivity index (χ2v) is 9.07. The van der Waals surface area contributed by atoms with Crippen LogP contribution in [0.15, 0.2) is 53.3 Å². The smallest absolute Gasteiger partial charge is 0.262 e. The fourth-order valence-electron chi connectivity index (χ4n) is 3.17. The van der Waals surface area contributed by atoms with Gasteiger partial charge in [0.25, 0.3) is 5.56 Å². The van der Waals surface area contributed by atoms with Crippen LogP contribution in [0.1, 0.15) is 24.9 Å². The van der Waals surface area contributed by atoms with Crippen molar-refractivity contribution in [1.29, 1.82) is 0 Å². The van der Waals surface area contributed by atoms with Crippen molar-refractivity contribution >= 4 is 44.7 Å². The lowest BCUT2D eigenvalue weighted by atomic mass is 10.1. The van der Waals surface area contributed by atoms with Crippen LogP contribution in [-0.2, 0) is 21.4 Å². The maximum absolute atomic E-state index is 12.7. The second-order valence-electron chi connectivity index (χ2n) is 6.93. The Balaban J connectivity index is 1.72. The van der Waals surface area contributed by atoms with Crippen molar-refractivity contribution < 1.29 is 13.2 Å². The molecule has 30 heavy (non-hydrogen) atoms. The highest BCUT2D eigenvalue weighted by Gasteiger charge is 2.15. The minimum absolute atomic E-state index is 0.0434. The first-order chi connectivity index (χ1) is 14.2. The quantitative estimate of drug-likeness (QED) is 0.483. The number of hydrogen-bond donors (Lipinski definition) is 3. The summed E-state index contributed by atoms with van der Waals surface area (Å²) in [6, 6.07) is 13.4. The summed E-state index contributed by atoms with van der Waals surface area (Å²) in [4.78, 5) is 28.1. The van der Waals surface area contributed by atoms with E-state index in [4.69, 9.17) is 12.2 Å². The molecule has 0 saturated heterocycles. The summed E-state index contributed by atoms with van der Waals surface area (Å²) >= 11 is 5.26. The highest BCUT2D eigenvalue weighted by Crippen LogP contribution is 2.23. The van der Waals surface area contributed by atoms with Crippen molar-refractivity contribution in [2.75, 3.05) is 11.0 Å². The molecule has 0 bridgehead atoms. The molecule has 1 atom stereocenters. The monoisotopic (exact) mass is 446 g/mol. The number of sulfonamides is 1. The molecular weight excluding hydrogens is 424 g/mol. The van der Waals surface area contributed by atoms with E-state index >= 15 is 0 Å². The maximum atomic E-state index is 12.7. The van der Waals surface area contributed by atoms with Gasteiger partial charge in [0.05, 0.1) is 28.9 Å². The van der Waals surface area contributed by atoms with Gasteiger partial charge in [-0.3, -0.25) is 18.9 Å². The molecule has 0 radical (unpaired) electrons. The molecule has 158 valence electrons. The standard InChI is InChI=1S/C20H22N4O4S2/c1-13(14-7-3-6-10-17(14)23-30(2,27)28)21-18(25)11-12-24-19(26)15-8-4-5-9-16(15)22-20(24)29/h3-10,13,23H,11-12H2,1-2H3,(H,21,25)(H,22,29). The zero-order valence-electron chi connectivity index (χ0n) is 16.5. The molecule has 1 unspecified atom stereocenters. The Kier molecular flexibility index (Phi) is 6.37. The van der Waals surface area contributed by atoms with Gasteiger partial charge in [-0.25, -0.2) is 8.42 Å². The number of benzene rings is 2. The molecule has 10 heteroatoms. The fraction of sp³-hybridized carbons (Fsp3) is 0.250. The number of nitrogens with zero attached hydrogens (tertiary/aromatic N) is 1. The summed E-state index contributed by atoms with van der Waals surface area (Å²) in [5, 5.41) is 3.34. The summed E-state index contributed by atoms with van der Waals surface area (Å²) in [5.41, 5.74) is 1.44. The highest BCUT2D eigenvalue weighted by molar-refractivity contribution is 7.92. The van der Waals surface area contributed by atoms with Crippen LogP contribution in [0.25, 0.3) is 10.9 Å². The highest BCUT2D eigenvalue weighted by atomic mass is 32.2. The molecule has 8 nitrogen and oxygen atoms in total. The Bertz CT molecular complexity index is 1310. The normalized spacial score (nSPS) is 12.5. The molecule has 0 aliphatic rings. The summed E-state index contributed by atoms with van der Waals surface area (Å²) in [5.74, 6) is -0.286. The van der Waals surface area contributed by atoms with Crippen molar-refractivity contribution in [3.8, 4) is 0 Å². The number of hydrogen-bond acceptors (Lipinski definition) is 5. The van der Waals surface area contributed by atoms with Gasteiger partial charge in [-0.15, -0.1) is 0 Å². The summed E-state index contributed by atoms with van der Waals surface area (Å²) < 4.78 is 27.2. The van der Waals surface area contributed by atoms with Crippen LogP contribution in [0.4, 0.5) is 5.69 Å². The van der Waals surface area contributed by atoms with Crippen LogP contribution in [0.3, 0.4) is 0 Å². The molecule has 1 amide bonds. The third-order valence-electron chi connectivity index (χ3n) is 4.55. The molecule has 0 aliphatic heterocycles. The Hall–Kier alpha value is -2.98. The van der Waals surface area contributed by atoms with Gasteiger partial charge in [0.1, 0.15) is 0 Å². The number of fused-ring (bicyclic) bond motifs is 1. The van der Waals surface area contributed by atoms with Crippen LogP contribution in [0.2, 0.25) is 0 Å². The van der Waals surface area contributed by atoms with E-state index in [0.29, 0.717) is 22.2 Å². The molecule has 3 aromatic rings. The molecular formula is C20H22N4O4S2. The van der Waals surface area contributed by atoms with E-state index in [1.165, 1.54) is 4.57 Å². The van der Waals surface area contributed by atoms with Gasteiger partial charge in [-0.2, -0.15) is 0 Å². The topological polar surface area (TPSA) is 113 Å². The van der Waals surface area contributed by atoms with Gasteiger partial charge in [-0.05, 0) is 42.9 Å². The van der Waals surface area contributed by atoms with E-state index in [1.54, 1.807) is 49.4 Å². The summed E-state index contributed by atoms with van der Waals surface area (Å²) in [6.45, 7) is 1.88.